The standard InChI is InChI=1S/C7H9FN2O2/c1-3(8)5-7(12)9-4(2)6(11)10-5/h3,5H,2H2,1H3,(H,9,12)(H,10,11)/t3?,5-/m0/s1. The fourth-order valence-corrected chi connectivity index (χ4v) is 0.901. The Morgan fingerprint density at radius 3 is 2.67 bits per heavy atom. The van der Waals surface area contributed by atoms with E-state index in [0.717, 1.165) is 0 Å². The average molecular weight is 172 g/mol. The first-order valence-electron chi connectivity index (χ1n) is 3.47. The minimum atomic E-state index is -1.40. The van der Waals surface area contributed by atoms with Crippen LogP contribution in [0.1, 0.15) is 6.92 Å². The monoisotopic (exact) mass is 172 g/mol. The summed E-state index contributed by atoms with van der Waals surface area (Å²) in [7, 11) is 0. The number of piperazine rings is 1. The molecular weight excluding hydrogens is 163 g/mol. The molecule has 12 heavy (non-hydrogen) atoms. The molecule has 1 saturated heterocycles. The largest absolute Gasteiger partial charge is 0.336 e. The van der Waals surface area contributed by atoms with Gasteiger partial charge >= 0.3 is 0 Å². The Labute approximate surface area is 68.8 Å². The summed E-state index contributed by atoms with van der Waals surface area (Å²) < 4.78 is 12.6. The van der Waals surface area contributed by atoms with E-state index in [-0.39, 0.29) is 5.70 Å². The molecule has 0 aromatic carbocycles. The molecule has 66 valence electrons. The third-order valence-electron chi connectivity index (χ3n) is 1.58. The second kappa shape index (κ2) is 2.92. The highest BCUT2D eigenvalue weighted by Crippen LogP contribution is 2.04. The lowest BCUT2D eigenvalue weighted by Gasteiger charge is -2.24. The van der Waals surface area contributed by atoms with E-state index in [4.69, 9.17) is 0 Å². The van der Waals surface area contributed by atoms with E-state index in [1.165, 1.54) is 6.92 Å². The van der Waals surface area contributed by atoms with Crippen LogP contribution in [0.4, 0.5) is 4.39 Å². The Morgan fingerprint density at radius 2 is 2.17 bits per heavy atom. The Morgan fingerprint density at radius 1 is 1.58 bits per heavy atom. The summed E-state index contributed by atoms with van der Waals surface area (Å²) >= 11 is 0. The Kier molecular flexibility index (Phi) is 2.12. The zero-order chi connectivity index (χ0) is 9.30. The third-order valence-corrected chi connectivity index (χ3v) is 1.58. The van der Waals surface area contributed by atoms with E-state index in [2.05, 4.69) is 17.2 Å². The third kappa shape index (κ3) is 1.44. The highest BCUT2D eigenvalue weighted by atomic mass is 19.1. The van der Waals surface area contributed by atoms with Crippen molar-refractivity contribution in [1.82, 2.24) is 10.6 Å². The number of carbonyl (C=O) groups excluding carboxylic acids is 2. The van der Waals surface area contributed by atoms with Crippen molar-refractivity contribution in [2.75, 3.05) is 0 Å². The van der Waals surface area contributed by atoms with Crippen LogP contribution < -0.4 is 10.6 Å². The molecule has 0 spiro atoms. The molecule has 2 atom stereocenters. The molecule has 1 rings (SSSR count). The highest BCUT2D eigenvalue weighted by Gasteiger charge is 2.32. The van der Waals surface area contributed by atoms with Gasteiger partial charge in [-0.15, -0.1) is 0 Å². The van der Waals surface area contributed by atoms with Crippen molar-refractivity contribution >= 4 is 11.8 Å². The minimum absolute atomic E-state index is 0.0445. The Balaban J connectivity index is 2.75. The highest BCUT2D eigenvalue weighted by molar-refractivity contribution is 6.04. The van der Waals surface area contributed by atoms with Gasteiger partial charge < -0.3 is 10.6 Å². The predicted octanol–water partition coefficient (Wildman–Crippen LogP) is -0.527. The number of halogens is 1. The van der Waals surface area contributed by atoms with Gasteiger partial charge in [-0.25, -0.2) is 4.39 Å². The predicted molar refractivity (Wildman–Crippen MR) is 39.8 cm³/mol. The zero-order valence-electron chi connectivity index (χ0n) is 6.56. The second-order valence-corrected chi connectivity index (χ2v) is 2.60. The quantitative estimate of drug-likeness (QED) is 0.522. The molecule has 2 N–H and O–H groups in total. The van der Waals surface area contributed by atoms with Crippen molar-refractivity contribution in [3.8, 4) is 0 Å². The van der Waals surface area contributed by atoms with Crippen molar-refractivity contribution in [2.45, 2.75) is 19.1 Å². The molecule has 0 radical (unpaired) electrons. The first kappa shape index (κ1) is 8.70. The minimum Gasteiger partial charge on any atom is -0.336 e. The van der Waals surface area contributed by atoms with E-state index in [9.17, 15) is 14.0 Å². The van der Waals surface area contributed by atoms with Gasteiger partial charge in [0.15, 0.2) is 0 Å². The second-order valence-electron chi connectivity index (χ2n) is 2.60. The van der Waals surface area contributed by atoms with Gasteiger partial charge in [0.1, 0.15) is 12.2 Å². The molecule has 1 aliphatic heterocycles. The fraction of sp³-hybridized carbons (Fsp3) is 0.429. The molecule has 1 heterocycles. The maximum absolute atomic E-state index is 12.6. The normalized spacial score (nSPS) is 26.2. The van der Waals surface area contributed by atoms with Gasteiger partial charge in [-0.1, -0.05) is 6.58 Å². The molecule has 1 fully saturated rings. The summed E-state index contributed by atoms with van der Waals surface area (Å²) in [6.07, 6.45) is -1.40. The van der Waals surface area contributed by atoms with Crippen LogP contribution in [0.3, 0.4) is 0 Å². The van der Waals surface area contributed by atoms with E-state index in [1.807, 2.05) is 0 Å². The van der Waals surface area contributed by atoms with Crippen LogP contribution in [0.25, 0.3) is 0 Å². The molecule has 0 saturated carbocycles. The van der Waals surface area contributed by atoms with Crippen LogP contribution in [-0.2, 0) is 9.59 Å². The van der Waals surface area contributed by atoms with Crippen LogP contribution >= 0.6 is 0 Å². The van der Waals surface area contributed by atoms with E-state index in [1.54, 1.807) is 0 Å². The molecule has 5 heteroatoms. The number of nitrogens with one attached hydrogen (secondary N) is 2. The van der Waals surface area contributed by atoms with E-state index >= 15 is 0 Å². The first-order chi connectivity index (χ1) is 5.52. The van der Waals surface area contributed by atoms with Gasteiger partial charge in [-0.3, -0.25) is 9.59 Å². The van der Waals surface area contributed by atoms with Gasteiger partial charge in [0.05, 0.1) is 5.70 Å². The maximum Gasteiger partial charge on any atom is 0.267 e. The van der Waals surface area contributed by atoms with E-state index < -0.39 is 24.0 Å². The van der Waals surface area contributed by atoms with Crippen molar-refractivity contribution in [3.05, 3.63) is 12.3 Å². The van der Waals surface area contributed by atoms with Gasteiger partial charge in [-0.05, 0) is 6.92 Å². The summed E-state index contributed by atoms with van der Waals surface area (Å²) in [4.78, 5) is 21.8. The summed E-state index contributed by atoms with van der Waals surface area (Å²) in [5, 5.41) is 4.36. The molecule has 1 aliphatic rings. The Bertz CT molecular complexity index is 250. The lowest BCUT2D eigenvalue weighted by molar-refractivity contribution is -0.132. The summed E-state index contributed by atoms with van der Waals surface area (Å²) in [5.41, 5.74) is -0.0445. The molecule has 0 aliphatic carbocycles. The molecule has 1 unspecified atom stereocenters. The van der Waals surface area contributed by atoms with Crippen LogP contribution in [0, 0.1) is 0 Å². The van der Waals surface area contributed by atoms with Gasteiger partial charge in [-0.2, -0.15) is 0 Å². The molecule has 4 nitrogen and oxygen atoms in total. The first-order valence-corrected chi connectivity index (χ1v) is 3.47. The summed E-state index contributed by atoms with van der Waals surface area (Å²) in [6.45, 7) is 4.48. The fourth-order valence-electron chi connectivity index (χ4n) is 0.901. The number of carbonyl (C=O) groups is 2. The molecule has 0 aromatic heterocycles. The van der Waals surface area contributed by atoms with Crippen molar-refractivity contribution in [1.29, 1.82) is 0 Å². The van der Waals surface area contributed by atoms with Gasteiger partial charge in [0.25, 0.3) is 5.91 Å². The molecule has 0 bridgehead atoms. The van der Waals surface area contributed by atoms with Crippen LogP contribution in [0.2, 0.25) is 0 Å². The Hall–Kier alpha value is -1.39. The van der Waals surface area contributed by atoms with E-state index in [0.29, 0.717) is 0 Å². The zero-order valence-corrected chi connectivity index (χ0v) is 6.56. The van der Waals surface area contributed by atoms with Crippen LogP contribution in [0.15, 0.2) is 12.3 Å². The topological polar surface area (TPSA) is 58.2 Å². The number of alkyl halides is 1. The van der Waals surface area contributed by atoms with Gasteiger partial charge in [0, 0.05) is 0 Å². The van der Waals surface area contributed by atoms with Crippen molar-refractivity contribution < 1.29 is 14.0 Å². The SMILES string of the molecule is C=C1NC(=O)[C@H](C(C)F)NC1=O. The smallest absolute Gasteiger partial charge is 0.267 e. The van der Waals surface area contributed by atoms with Crippen LogP contribution in [0.5, 0.6) is 0 Å². The van der Waals surface area contributed by atoms with Crippen molar-refractivity contribution in [3.63, 3.8) is 0 Å². The van der Waals surface area contributed by atoms with Gasteiger partial charge in [0.2, 0.25) is 5.91 Å². The lowest BCUT2D eigenvalue weighted by Crippen LogP contribution is -2.57. The number of amides is 2. The molecular formula is C7H9FN2O2. The van der Waals surface area contributed by atoms with Crippen LogP contribution in [-0.4, -0.2) is 24.0 Å². The summed E-state index contributed by atoms with van der Waals surface area (Å²) in [5.74, 6) is -1.10. The van der Waals surface area contributed by atoms with Crippen molar-refractivity contribution in [2.24, 2.45) is 0 Å². The number of rotatable bonds is 1. The summed E-state index contributed by atoms with van der Waals surface area (Å²) in [6, 6.07) is -1.09. The number of hydrogen-bond donors (Lipinski definition) is 2. The number of hydrogen-bond acceptors (Lipinski definition) is 2. The lowest BCUT2D eigenvalue weighted by atomic mass is 10.1. The average Bonchev–Trinajstić information content (AvgIpc) is 1.96. The molecule has 0 aromatic rings. The molecule has 2 amide bonds. The maximum atomic E-state index is 12.6.